The number of hydrogen-bond acceptors (Lipinski definition) is 3. The highest BCUT2D eigenvalue weighted by Gasteiger charge is 2.24. The van der Waals surface area contributed by atoms with Crippen LogP contribution in [0.1, 0.15) is 25.8 Å². The van der Waals surface area contributed by atoms with Crippen LogP contribution < -0.4 is 5.32 Å². The Hall–Kier alpha value is -2.83. The van der Waals surface area contributed by atoms with Crippen molar-refractivity contribution < 1.29 is 24.6 Å². The third-order valence-electron chi connectivity index (χ3n) is 3.60. The molecule has 0 spiro atoms. The van der Waals surface area contributed by atoms with Gasteiger partial charge in [-0.3, -0.25) is 9.59 Å². The van der Waals surface area contributed by atoms with Gasteiger partial charge in [-0.1, -0.05) is 18.2 Å². The summed E-state index contributed by atoms with van der Waals surface area (Å²) in [5.74, 6) is -3.13. The van der Waals surface area contributed by atoms with Gasteiger partial charge in [0.25, 0.3) is 0 Å². The van der Waals surface area contributed by atoms with E-state index in [2.05, 4.69) is 5.32 Å². The summed E-state index contributed by atoms with van der Waals surface area (Å²) in [7, 11) is 0. The number of carboxylic acid groups (broad SMARTS) is 2. The number of amides is 1. The molecule has 0 saturated carbocycles. The summed E-state index contributed by atoms with van der Waals surface area (Å²) in [5.41, 5.74) is 0.980. The van der Waals surface area contributed by atoms with E-state index in [1.165, 1.54) is 0 Å². The molecule has 7 heteroatoms. The van der Waals surface area contributed by atoms with Gasteiger partial charge in [0.1, 0.15) is 6.04 Å². The van der Waals surface area contributed by atoms with E-state index in [1.807, 2.05) is 48.0 Å². The van der Waals surface area contributed by atoms with E-state index in [0.717, 1.165) is 10.9 Å². The first-order chi connectivity index (χ1) is 10.9. The minimum absolute atomic E-state index is 0.0576. The third-order valence-corrected chi connectivity index (χ3v) is 3.60. The van der Waals surface area contributed by atoms with Crippen molar-refractivity contribution >= 4 is 28.7 Å². The lowest BCUT2D eigenvalue weighted by molar-refractivity contribution is -0.147. The minimum Gasteiger partial charge on any atom is -0.481 e. The van der Waals surface area contributed by atoms with Gasteiger partial charge >= 0.3 is 11.9 Å². The molecule has 0 fully saturated rings. The molecule has 7 nitrogen and oxygen atoms in total. The van der Waals surface area contributed by atoms with Crippen molar-refractivity contribution in [2.45, 2.75) is 31.8 Å². The van der Waals surface area contributed by atoms with Gasteiger partial charge in [-0.2, -0.15) is 0 Å². The summed E-state index contributed by atoms with van der Waals surface area (Å²) in [4.78, 5) is 33.6. The molecule has 122 valence electrons. The van der Waals surface area contributed by atoms with Crippen LogP contribution in [0.5, 0.6) is 0 Å². The lowest BCUT2D eigenvalue weighted by atomic mass is 10.1. The van der Waals surface area contributed by atoms with Crippen LogP contribution >= 0.6 is 0 Å². The van der Waals surface area contributed by atoms with Crippen molar-refractivity contribution in [2.75, 3.05) is 0 Å². The number of nitrogens with one attached hydrogen (secondary N) is 1. The average molecular weight is 318 g/mol. The number of carboxylic acids is 2. The van der Waals surface area contributed by atoms with Crippen LogP contribution in [0.25, 0.3) is 10.9 Å². The molecule has 1 unspecified atom stereocenters. The molecule has 2 atom stereocenters. The van der Waals surface area contributed by atoms with Crippen molar-refractivity contribution in [1.82, 2.24) is 9.88 Å². The van der Waals surface area contributed by atoms with Crippen LogP contribution in [0.3, 0.4) is 0 Å². The predicted molar refractivity (Wildman–Crippen MR) is 83.1 cm³/mol. The number of carbonyl (C=O) groups excluding carboxylic acids is 1. The van der Waals surface area contributed by atoms with E-state index in [9.17, 15) is 14.4 Å². The van der Waals surface area contributed by atoms with Gasteiger partial charge in [-0.05, 0) is 24.4 Å². The van der Waals surface area contributed by atoms with Crippen LogP contribution in [0.15, 0.2) is 36.5 Å². The first kappa shape index (κ1) is 16.5. The number of carbonyl (C=O) groups is 3. The van der Waals surface area contributed by atoms with Crippen molar-refractivity contribution in [2.24, 2.45) is 0 Å². The van der Waals surface area contributed by atoms with E-state index in [4.69, 9.17) is 10.2 Å². The maximum atomic E-state index is 12.0. The van der Waals surface area contributed by atoms with E-state index in [1.54, 1.807) is 0 Å². The van der Waals surface area contributed by atoms with Crippen LogP contribution in [0.2, 0.25) is 0 Å². The monoisotopic (exact) mass is 318 g/mol. The summed E-state index contributed by atoms with van der Waals surface area (Å²) < 4.78 is 1.93. The Morgan fingerprint density at radius 2 is 1.83 bits per heavy atom. The fourth-order valence-electron chi connectivity index (χ4n) is 2.48. The number of fused-ring (bicyclic) bond motifs is 1. The summed E-state index contributed by atoms with van der Waals surface area (Å²) in [6, 6.07) is 8.06. The molecule has 2 rings (SSSR count). The molecule has 0 radical (unpaired) electrons. The van der Waals surface area contributed by atoms with Gasteiger partial charge in [-0.15, -0.1) is 0 Å². The second-order valence-corrected chi connectivity index (χ2v) is 5.39. The fourth-order valence-corrected chi connectivity index (χ4v) is 2.48. The predicted octanol–water partition coefficient (Wildman–Crippen LogP) is 1.64. The fraction of sp³-hybridized carbons (Fsp3) is 0.312. The van der Waals surface area contributed by atoms with Crippen molar-refractivity contribution in [3.8, 4) is 0 Å². The molecule has 23 heavy (non-hydrogen) atoms. The zero-order chi connectivity index (χ0) is 17.0. The Kier molecular flexibility index (Phi) is 5.00. The van der Waals surface area contributed by atoms with Crippen LogP contribution in [0.4, 0.5) is 0 Å². The molecular formula is C16H18N2O5. The maximum Gasteiger partial charge on any atom is 0.326 e. The molecule has 1 heterocycles. The van der Waals surface area contributed by atoms with Crippen molar-refractivity contribution in [3.05, 3.63) is 36.5 Å². The molecule has 1 amide bonds. The van der Waals surface area contributed by atoms with Crippen LogP contribution in [-0.4, -0.2) is 38.7 Å². The molecule has 0 saturated heterocycles. The SMILES string of the molecule is CC(CC(=O)N[C@@H](CC(=O)O)C(=O)O)n1ccc2ccccc21. The number of nitrogens with zero attached hydrogens (tertiary/aromatic N) is 1. The number of benzene rings is 1. The highest BCUT2D eigenvalue weighted by molar-refractivity contribution is 5.87. The number of aliphatic carboxylic acids is 2. The number of aromatic nitrogens is 1. The molecule has 1 aromatic carbocycles. The number of rotatable bonds is 7. The third kappa shape index (κ3) is 4.09. The van der Waals surface area contributed by atoms with Crippen LogP contribution in [-0.2, 0) is 14.4 Å². The lowest BCUT2D eigenvalue weighted by Crippen LogP contribution is -2.42. The number of hydrogen-bond donors (Lipinski definition) is 3. The lowest BCUT2D eigenvalue weighted by Gasteiger charge is -2.17. The minimum atomic E-state index is -1.42. The van der Waals surface area contributed by atoms with Gasteiger partial charge in [-0.25, -0.2) is 4.79 Å². The summed E-state index contributed by atoms with van der Waals surface area (Å²) in [5, 5.41) is 20.9. The molecule has 0 aliphatic heterocycles. The molecule has 1 aromatic heterocycles. The van der Waals surface area contributed by atoms with Gasteiger partial charge in [0.2, 0.25) is 5.91 Å². The highest BCUT2D eigenvalue weighted by atomic mass is 16.4. The molecule has 0 aliphatic rings. The Balaban J connectivity index is 2.04. The first-order valence-corrected chi connectivity index (χ1v) is 7.18. The first-order valence-electron chi connectivity index (χ1n) is 7.18. The molecule has 3 N–H and O–H groups in total. The smallest absolute Gasteiger partial charge is 0.326 e. The summed E-state index contributed by atoms with van der Waals surface area (Å²) in [6.07, 6.45) is 1.28. The highest BCUT2D eigenvalue weighted by Crippen LogP contribution is 2.21. The Morgan fingerprint density at radius 3 is 2.48 bits per heavy atom. The van der Waals surface area contributed by atoms with E-state index in [-0.39, 0.29) is 12.5 Å². The average Bonchev–Trinajstić information content (AvgIpc) is 2.89. The molecular weight excluding hydrogens is 300 g/mol. The second kappa shape index (κ2) is 6.95. The quantitative estimate of drug-likeness (QED) is 0.719. The largest absolute Gasteiger partial charge is 0.481 e. The van der Waals surface area contributed by atoms with E-state index in [0.29, 0.717) is 0 Å². The second-order valence-electron chi connectivity index (χ2n) is 5.39. The van der Waals surface area contributed by atoms with Crippen molar-refractivity contribution in [1.29, 1.82) is 0 Å². The topological polar surface area (TPSA) is 109 Å². The molecule has 0 aliphatic carbocycles. The Labute approximate surface area is 132 Å². The zero-order valence-corrected chi connectivity index (χ0v) is 12.6. The van der Waals surface area contributed by atoms with Crippen LogP contribution in [0, 0.1) is 0 Å². The van der Waals surface area contributed by atoms with Gasteiger partial charge in [0, 0.05) is 24.2 Å². The summed E-state index contributed by atoms with van der Waals surface area (Å²) in [6.45, 7) is 1.85. The van der Waals surface area contributed by atoms with E-state index >= 15 is 0 Å². The van der Waals surface area contributed by atoms with Crippen molar-refractivity contribution in [3.63, 3.8) is 0 Å². The van der Waals surface area contributed by atoms with Gasteiger partial charge < -0.3 is 20.1 Å². The molecule has 0 bridgehead atoms. The Morgan fingerprint density at radius 1 is 1.13 bits per heavy atom. The summed E-state index contributed by atoms with van der Waals surface area (Å²) >= 11 is 0. The van der Waals surface area contributed by atoms with Gasteiger partial charge in [0.05, 0.1) is 6.42 Å². The number of para-hydroxylation sites is 1. The standard InChI is InChI=1S/C16H18N2O5/c1-10(18-7-6-11-4-2-3-5-13(11)18)8-14(19)17-12(16(22)23)9-15(20)21/h2-7,10,12H,8-9H2,1H3,(H,17,19)(H,20,21)(H,22,23)/t10?,12-/m0/s1. The zero-order valence-electron chi connectivity index (χ0n) is 12.6. The molecule has 2 aromatic rings. The maximum absolute atomic E-state index is 12.0. The van der Waals surface area contributed by atoms with E-state index < -0.39 is 30.3 Å². The Bertz CT molecular complexity index is 737. The normalized spacial score (nSPS) is 13.4. The van der Waals surface area contributed by atoms with Gasteiger partial charge in [0.15, 0.2) is 0 Å².